The van der Waals surface area contributed by atoms with Gasteiger partial charge in [0.25, 0.3) is 0 Å². The van der Waals surface area contributed by atoms with Gasteiger partial charge in [-0.25, -0.2) is 0 Å². The number of benzene rings is 1. The van der Waals surface area contributed by atoms with Crippen LogP contribution < -0.4 is 15.8 Å². The lowest BCUT2D eigenvalue weighted by molar-refractivity contribution is 0.1000. The van der Waals surface area contributed by atoms with E-state index in [2.05, 4.69) is 27.8 Å². The van der Waals surface area contributed by atoms with Crippen molar-refractivity contribution in [2.24, 2.45) is 5.73 Å². The van der Waals surface area contributed by atoms with Gasteiger partial charge in [-0.15, -0.1) is 23.7 Å². The van der Waals surface area contributed by atoms with Crippen molar-refractivity contribution in [1.29, 1.82) is 0 Å². The van der Waals surface area contributed by atoms with Crippen LogP contribution in [0.5, 0.6) is 5.75 Å². The van der Waals surface area contributed by atoms with Crippen LogP contribution in [-0.4, -0.2) is 30.6 Å². The average Bonchev–Trinajstić information content (AvgIpc) is 3.18. The van der Waals surface area contributed by atoms with E-state index in [0.717, 1.165) is 36.4 Å². The molecule has 0 aliphatic heterocycles. The monoisotopic (exact) mass is 403 g/mol. The fraction of sp³-hybridized carbons (Fsp3) is 0.200. The highest BCUT2D eigenvalue weighted by Gasteiger charge is 2.04. The number of nitrogens with two attached hydrogens (primary N) is 1. The van der Waals surface area contributed by atoms with Gasteiger partial charge in [-0.3, -0.25) is 9.78 Å². The summed E-state index contributed by atoms with van der Waals surface area (Å²) < 4.78 is 5.75. The number of thiophene rings is 1. The highest BCUT2D eigenvalue weighted by atomic mass is 35.5. The molecular formula is C20H22ClN3O2S. The maximum absolute atomic E-state index is 11.3. The van der Waals surface area contributed by atoms with E-state index < -0.39 is 5.91 Å². The molecule has 0 bridgehead atoms. The summed E-state index contributed by atoms with van der Waals surface area (Å²) in [5.41, 5.74) is 7.51. The van der Waals surface area contributed by atoms with Gasteiger partial charge in [0.05, 0.1) is 5.56 Å². The number of hydrogen-bond acceptors (Lipinski definition) is 5. The maximum Gasteiger partial charge on any atom is 0.250 e. The van der Waals surface area contributed by atoms with Gasteiger partial charge >= 0.3 is 0 Å². The molecule has 0 aliphatic carbocycles. The summed E-state index contributed by atoms with van der Waals surface area (Å²) in [4.78, 5) is 16.7. The molecule has 7 heteroatoms. The highest BCUT2D eigenvalue weighted by molar-refractivity contribution is 7.09. The van der Waals surface area contributed by atoms with Crippen LogP contribution in [0.1, 0.15) is 15.2 Å². The zero-order valence-corrected chi connectivity index (χ0v) is 16.4. The van der Waals surface area contributed by atoms with Gasteiger partial charge in [0.15, 0.2) is 0 Å². The number of carbonyl (C=O) groups excluding carboxylic acids is 1. The molecular weight excluding hydrogens is 382 g/mol. The van der Waals surface area contributed by atoms with Gasteiger partial charge in [0.1, 0.15) is 12.4 Å². The minimum Gasteiger partial charge on any atom is -0.492 e. The van der Waals surface area contributed by atoms with Crippen LogP contribution in [0.4, 0.5) is 0 Å². The minimum absolute atomic E-state index is 0. The standard InChI is InChI=1S/C20H21N3O2S.ClH/c21-20(24)17-12-16(13-23-14-17)15-3-5-18(6-4-15)25-10-9-22-8-7-19-2-1-11-26-19;/h1-6,11-14,22H,7-10H2,(H2,21,24);1H. The van der Waals surface area contributed by atoms with Crippen LogP contribution in [0, 0.1) is 0 Å². The zero-order valence-electron chi connectivity index (χ0n) is 14.8. The Labute approximate surface area is 169 Å². The van der Waals surface area contributed by atoms with Crippen molar-refractivity contribution in [2.75, 3.05) is 19.7 Å². The van der Waals surface area contributed by atoms with Gasteiger partial charge in [0.2, 0.25) is 5.91 Å². The number of pyridine rings is 1. The Morgan fingerprint density at radius 1 is 1.11 bits per heavy atom. The number of halogens is 1. The summed E-state index contributed by atoms with van der Waals surface area (Å²) >= 11 is 1.78. The Bertz CT molecular complexity index is 839. The van der Waals surface area contributed by atoms with Crippen molar-refractivity contribution in [3.05, 3.63) is 70.7 Å². The molecule has 3 rings (SSSR count). The Balaban J connectivity index is 0.00000261. The molecule has 0 saturated carbocycles. The quantitative estimate of drug-likeness (QED) is 0.536. The number of nitrogens with one attached hydrogen (secondary N) is 1. The van der Waals surface area contributed by atoms with E-state index in [-0.39, 0.29) is 12.4 Å². The zero-order chi connectivity index (χ0) is 18.2. The van der Waals surface area contributed by atoms with E-state index in [9.17, 15) is 4.79 Å². The number of carbonyl (C=O) groups is 1. The van der Waals surface area contributed by atoms with E-state index in [1.165, 1.54) is 11.1 Å². The first kappa shape index (κ1) is 20.9. The van der Waals surface area contributed by atoms with Crippen LogP contribution in [-0.2, 0) is 6.42 Å². The van der Waals surface area contributed by atoms with Crippen molar-refractivity contribution in [2.45, 2.75) is 6.42 Å². The number of rotatable bonds is 9. The number of nitrogens with zero attached hydrogens (tertiary/aromatic N) is 1. The number of amides is 1. The second-order valence-corrected chi connectivity index (χ2v) is 6.81. The molecule has 0 spiro atoms. The van der Waals surface area contributed by atoms with Gasteiger partial charge in [-0.1, -0.05) is 18.2 Å². The first-order chi connectivity index (χ1) is 12.7. The molecule has 2 heterocycles. The third-order valence-electron chi connectivity index (χ3n) is 3.89. The van der Waals surface area contributed by atoms with Crippen LogP contribution in [0.2, 0.25) is 0 Å². The predicted molar refractivity (Wildman–Crippen MR) is 112 cm³/mol. The summed E-state index contributed by atoms with van der Waals surface area (Å²) in [6.07, 6.45) is 4.22. The SMILES string of the molecule is Cl.NC(=O)c1cncc(-c2ccc(OCCNCCc3cccs3)cc2)c1. The molecule has 3 N–H and O–H groups in total. The number of aromatic nitrogens is 1. The minimum atomic E-state index is -0.481. The lowest BCUT2D eigenvalue weighted by Crippen LogP contribution is -2.23. The van der Waals surface area contributed by atoms with Crippen LogP contribution in [0.3, 0.4) is 0 Å². The number of ether oxygens (including phenoxy) is 1. The van der Waals surface area contributed by atoms with Crippen molar-refractivity contribution >= 4 is 29.7 Å². The lowest BCUT2D eigenvalue weighted by atomic mass is 10.1. The van der Waals surface area contributed by atoms with Crippen molar-refractivity contribution in [3.8, 4) is 16.9 Å². The van der Waals surface area contributed by atoms with E-state index >= 15 is 0 Å². The molecule has 1 aromatic carbocycles. The average molecular weight is 404 g/mol. The second-order valence-electron chi connectivity index (χ2n) is 5.78. The smallest absolute Gasteiger partial charge is 0.250 e. The predicted octanol–water partition coefficient (Wildman–Crippen LogP) is 3.54. The normalized spacial score (nSPS) is 10.2. The Hall–Kier alpha value is -2.41. The third kappa shape index (κ3) is 6.36. The van der Waals surface area contributed by atoms with Crippen molar-refractivity contribution in [3.63, 3.8) is 0 Å². The molecule has 0 radical (unpaired) electrons. The van der Waals surface area contributed by atoms with Gasteiger partial charge in [0, 0.05) is 35.9 Å². The fourth-order valence-corrected chi connectivity index (χ4v) is 3.22. The molecule has 0 unspecified atom stereocenters. The van der Waals surface area contributed by atoms with E-state index in [1.54, 1.807) is 23.6 Å². The van der Waals surface area contributed by atoms with Crippen LogP contribution in [0.15, 0.2) is 60.2 Å². The van der Waals surface area contributed by atoms with E-state index in [4.69, 9.17) is 10.5 Å². The second kappa shape index (κ2) is 10.7. The maximum atomic E-state index is 11.3. The molecule has 2 aromatic heterocycles. The first-order valence-corrected chi connectivity index (χ1v) is 9.31. The van der Waals surface area contributed by atoms with Gasteiger partial charge in [-0.05, 0) is 41.6 Å². The Morgan fingerprint density at radius 3 is 2.63 bits per heavy atom. The summed E-state index contributed by atoms with van der Waals surface area (Å²) in [5.74, 6) is 0.332. The number of hydrogen-bond donors (Lipinski definition) is 2. The molecule has 0 aliphatic rings. The van der Waals surface area contributed by atoms with Crippen LogP contribution in [0.25, 0.3) is 11.1 Å². The topological polar surface area (TPSA) is 77.2 Å². The first-order valence-electron chi connectivity index (χ1n) is 8.43. The summed E-state index contributed by atoms with van der Waals surface area (Å²) in [7, 11) is 0. The Kier molecular flexibility index (Phi) is 8.26. The summed E-state index contributed by atoms with van der Waals surface area (Å²) in [5, 5.41) is 5.48. The third-order valence-corrected chi connectivity index (χ3v) is 4.82. The fourth-order valence-electron chi connectivity index (χ4n) is 2.51. The number of primary amides is 1. The molecule has 1 amide bonds. The van der Waals surface area contributed by atoms with Gasteiger partial charge < -0.3 is 15.8 Å². The van der Waals surface area contributed by atoms with Crippen molar-refractivity contribution in [1.82, 2.24) is 10.3 Å². The Morgan fingerprint density at radius 2 is 1.93 bits per heavy atom. The lowest BCUT2D eigenvalue weighted by Gasteiger charge is -2.08. The molecule has 0 saturated heterocycles. The molecule has 3 aromatic rings. The van der Waals surface area contributed by atoms with E-state index in [1.807, 2.05) is 24.3 Å². The van der Waals surface area contributed by atoms with Gasteiger partial charge in [-0.2, -0.15) is 0 Å². The molecule has 5 nitrogen and oxygen atoms in total. The molecule has 142 valence electrons. The van der Waals surface area contributed by atoms with E-state index in [0.29, 0.717) is 12.2 Å². The molecule has 0 atom stereocenters. The largest absolute Gasteiger partial charge is 0.492 e. The summed E-state index contributed by atoms with van der Waals surface area (Å²) in [6, 6.07) is 13.7. The van der Waals surface area contributed by atoms with Crippen molar-refractivity contribution < 1.29 is 9.53 Å². The highest BCUT2D eigenvalue weighted by Crippen LogP contribution is 2.22. The summed E-state index contributed by atoms with van der Waals surface area (Å²) in [6.45, 7) is 2.37. The van der Waals surface area contributed by atoms with Crippen LogP contribution >= 0.6 is 23.7 Å². The molecule has 27 heavy (non-hydrogen) atoms. The molecule has 0 fully saturated rings.